The monoisotopic (exact) mass is 237 g/mol. The lowest BCUT2D eigenvalue weighted by molar-refractivity contribution is -0.384. The Morgan fingerprint density at radius 2 is 2.12 bits per heavy atom. The van der Waals surface area contributed by atoms with Gasteiger partial charge in [-0.05, 0) is 12.5 Å². The second kappa shape index (κ2) is 5.01. The maximum Gasteiger partial charge on any atom is 0.273 e. The van der Waals surface area contributed by atoms with Crippen molar-refractivity contribution in [2.75, 3.05) is 36.9 Å². The van der Waals surface area contributed by atoms with Crippen LogP contribution in [0.15, 0.2) is 18.2 Å². The topological polar surface area (TPSA) is 81.6 Å². The highest BCUT2D eigenvalue weighted by molar-refractivity contribution is 5.62. The normalized spacial score (nSPS) is 16.6. The Hall–Kier alpha value is -1.82. The Labute approximate surface area is 99.1 Å². The maximum absolute atomic E-state index is 10.8. The molecule has 17 heavy (non-hydrogen) atoms. The molecule has 0 atom stereocenters. The fourth-order valence-corrected chi connectivity index (χ4v) is 1.91. The Bertz CT molecular complexity index is 414. The van der Waals surface area contributed by atoms with Gasteiger partial charge in [0.05, 0.1) is 11.5 Å². The molecule has 0 bridgehead atoms. The first-order valence-electron chi connectivity index (χ1n) is 5.54. The summed E-state index contributed by atoms with van der Waals surface area (Å²) in [6.07, 6.45) is 0.919. The van der Waals surface area contributed by atoms with Crippen molar-refractivity contribution in [2.24, 2.45) is 0 Å². The number of non-ortho nitro benzene ring substituents is 1. The molecule has 6 nitrogen and oxygen atoms in total. The zero-order valence-electron chi connectivity index (χ0n) is 9.46. The molecule has 0 aliphatic carbocycles. The lowest BCUT2D eigenvalue weighted by Crippen LogP contribution is -2.25. The molecule has 0 spiro atoms. The molecule has 92 valence electrons. The summed E-state index contributed by atoms with van der Waals surface area (Å²) in [6.45, 7) is 2.95. The van der Waals surface area contributed by atoms with E-state index in [0.29, 0.717) is 12.3 Å². The van der Waals surface area contributed by atoms with E-state index in [1.807, 2.05) is 0 Å². The molecule has 0 unspecified atom stereocenters. The van der Waals surface area contributed by atoms with Crippen LogP contribution in [0.3, 0.4) is 0 Å². The number of anilines is 2. The number of benzene rings is 1. The van der Waals surface area contributed by atoms with Crippen molar-refractivity contribution in [3.8, 4) is 0 Å². The van der Waals surface area contributed by atoms with Gasteiger partial charge in [0.2, 0.25) is 0 Å². The van der Waals surface area contributed by atoms with Gasteiger partial charge in [-0.25, -0.2) is 0 Å². The smallest absolute Gasteiger partial charge is 0.273 e. The quantitative estimate of drug-likeness (QED) is 0.477. The molecule has 0 saturated carbocycles. The first-order valence-corrected chi connectivity index (χ1v) is 5.54. The van der Waals surface area contributed by atoms with Crippen LogP contribution in [0.4, 0.5) is 17.1 Å². The largest absolute Gasteiger partial charge is 0.398 e. The molecule has 1 fully saturated rings. The minimum absolute atomic E-state index is 0.0326. The number of hydrogen-bond donors (Lipinski definition) is 1. The van der Waals surface area contributed by atoms with Crippen molar-refractivity contribution in [3.63, 3.8) is 0 Å². The third kappa shape index (κ3) is 2.85. The molecule has 1 aliphatic rings. The zero-order chi connectivity index (χ0) is 12.3. The summed E-state index contributed by atoms with van der Waals surface area (Å²) in [4.78, 5) is 12.4. The van der Waals surface area contributed by atoms with Crippen LogP contribution in [-0.2, 0) is 4.74 Å². The number of hydrogen-bond acceptors (Lipinski definition) is 5. The lowest BCUT2D eigenvalue weighted by atomic mass is 10.2. The van der Waals surface area contributed by atoms with Crippen molar-refractivity contribution in [2.45, 2.75) is 6.42 Å². The van der Waals surface area contributed by atoms with Gasteiger partial charge in [0.15, 0.2) is 0 Å². The summed E-state index contributed by atoms with van der Waals surface area (Å²) in [6, 6.07) is 4.69. The average Bonchev–Trinajstić information content (AvgIpc) is 2.56. The van der Waals surface area contributed by atoms with Gasteiger partial charge in [0.1, 0.15) is 0 Å². The first-order chi connectivity index (χ1) is 8.16. The third-order valence-corrected chi connectivity index (χ3v) is 2.72. The van der Waals surface area contributed by atoms with Gasteiger partial charge in [-0.1, -0.05) is 0 Å². The molecule has 1 saturated heterocycles. The number of nitrogen functional groups attached to an aromatic ring is 1. The molecule has 6 heteroatoms. The average molecular weight is 237 g/mol. The summed E-state index contributed by atoms with van der Waals surface area (Å²) < 4.78 is 5.35. The van der Waals surface area contributed by atoms with Gasteiger partial charge in [-0.3, -0.25) is 10.1 Å². The van der Waals surface area contributed by atoms with Crippen molar-refractivity contribution >= 4 is 17.1 Å². The van der Waals surface area contributed by atoms with Crippen LogP contribution in [0.25, 0.3) is 0 Å². The zero-order valence-corrected chi connectivity index (χ0v) is 9.46. The number of ether oxygens (including phenoxy) is 1. The fraction of sp³-hybridized carbons (Fsp3) is 0.455. The fourth-order valence-electron chi connectivity index (χ4n) is 1.91. The van der Waals surface area contributed by atoms with Crippen LogP contribution in [-0.4, -0.2) is 31.2 Å². The predicted molar refractivity (Wildman–Crippen MR) is 65.2 cm³/mol. The number of nitro benzene ring substituents is 1. The molecule has 2 N–H and O–H groups in total. The minimum Gasteiger partial charge on any atom is -0.398 e. The highest BCUT2D eigenvalue weighted by Crippen LogP contribution is 2.25. The first kappa shape index (κ1) is 11.7. The van der Waals surface area contributed by atoms with Crippen LogP contribution >= 0.6 is 0 Å². The predicted octanol–water partition coefficient (Wildman–Crippen LogP) is 1.40. The van der Waals surface area contributed by atoms with Crippen molar-refractivity contribution in [1.29, 1.82) is 0 Å². The molecule has 1 aromatic rings. The Kier molecular flexibility index (Phi) is 3.43. The van der Waals surface area contributed by atoms with Gasteiger partial charge < -0.3 is 15.4 Å². The Balaban J connectivity index is 2.27. The van der Waals surface area contributed by atoms with E-state index in [2.05, 4.69) is 4.90 Å². The summed E-state index contributed by atoms with van der Waals surface area (Å²) in [5.74, 6) is 0. The molecular formula is C11H15N3O3. The van der Waals surface area contributed by atoms with Gasteiger partial charge in [0, 0.05) is 43.2 Å². The Morgan fingerprint density at radius 1 is 1.29 bits per heavy atom. The summed E-state index contributed by atoms with van der Waals surface area (Å²) in [7, 11) is 0. The van der Waals surface area contributed by atoms with Gasteiger partial charge >= 0.3 is 0 Å². The summed E-state index contributed by atoms with van der Waals surface area (Å²) in [5, 5.41) is 10.8. The van der Waals surface area contributed by atoms with Crippen LogP contribution in [0.1, 0.15) is 6.42 Å². The van der Waals surface area contributed by atoms with Crippen molar-refractivity contribution in [1.82, 2.24) is 0 Å². The molecule has 2 rings (SSSR count). The molecule has 1 aliphatic heterocycles. The highest BCUT2D eigenvalue weighted by atomic mass is 16.6. The summed E-state index contributed by atoms with van der Waals surface area (Å²) in [5.41, 5.74) is 6.92. The molecule has 0 amide bonds. The second-order valence-electron chi connectivity index (χ2n) is 3.99. The molecule has 0 aromatic heterocycles. The third-order valence-electron chi connectivity index (χ3n) is 2.72. The van der Waals surface area contributed by atoms with Gasteiger partial charge in [-0.15, -0.1) is 0 Å². The number of nitrogens with two attached hydrogens (primary N) is 1. The SMILES string of the molecule is Nc1cc(N2CCCOCC2)cc([N+](=O)[O-])c1. The van der Waals surface area contributed by atoms with E-state index in [1.54, 1.807) is 12.1 Å². The highest BCUT2D eigenvalue weighted by Gasteiger charge is 2.14. The van der Waals surface area contributed by atoms with Crippen molar-refractivity contribution in [3.05, 3.63) is 28.3 Å². The minimum atomic E-state index is -0.422. The van der Waals surface area contributed by atoms with E-state index in [0.717, 1.165) is 31.8 Å². The second-order valence-corrected chi connectivity index (χ2v) is 3.99. The number of nitro groups is 1. The van der Waals surface area contributed by atoms with E-state index in [-0.39, 0.29) is 5.69 Å². The number of nitrogens with zero attached hydrogens (tertiary/aromatic N) is 2. The lowest BCUT2D eigenvalue weighted by Gasteiger charge is -2.21. The summed E-state index contributed by atoms with van der Waals surface area (Å²) >= 11 is 0. The van der Waals surface area contributed by atoms with E-state index >= 15 is 0 Å². The van der Waals surface area contributed by atoms with Crippen LogP contribution in [0.2, 0.25) is 0 Å². The molecule has 0 radical (unpaired) electrons. The van der Waals surface area contributed by atoms with Gasteiger partial charge in [0.25, 0.3) is 5.69 Å². The van der Waals surface area contributed by atoms with Gasteiger partial charge in [-0.2, -0.15) is 0 Å². The van der Waals surface area contributed by atoms with Crippen molar-refractivity contribution < 1.29 is 9.66 Å². The van der Waals surface area contributed by atoms with E-state index < -0.39 is 4.92 Å². The van der Waals surface area contributed by atoms with Crippen LogP contribution < -0.4 is 10.6 Å². The van der Waals surface area contributed by atoms with E-state index in [4.69, 9.17) is 10.5 Å². The van der Waals surface area contributed by atoms with E-state index in [9.17, 15) is 10.1 Å². The standard InChI is InChI=1S/C11H15N3O3/c12-9-6-10(8-11(7-9)14(15)16)13-2-1-4-17-5-3-13/h6-8H,1-5,12H2. The number of rotatable bonds is 2. The maximum atomic E-state index is 10.8. The van der Waals surface area contributed by atoms with E-state index in [1.165, 1.54) is 6.07 Å². The molecule has 1 aromatic carbocycles. The van der Waals surface area contributed by atoms with Crippen LogP contribution in [0.5, 0.6) is 0 Å². The van der Waals surface area contributed by atoms with Crippen LogP contribution in [0, 0.1) is 10.1 Å². The molecular weight excluding hydrogens is 222 g/mol. The molecule has 1 heterocycles. The Morgan fingerprint density at radius 3 is 2.88 bits per heavy atom.